The minimum absolute atomic E-state index is 0.0608. The number of rotatable bonds is 8. The van der Waals surface area contributed by atoms with E-state index in [2.05, 4.69) is 55.9 Å². The first-order chi connectivity index (χ1) is 10.5. The molecule has 0 aromatic carbocycles. The summed E-state index contributed by atoms with van der Waals surface area (Å²) in [6.45, 7) is 12.2. The van der Waals surface area contributed by atoms with E-state index >= 15 is 0 Å². The van der Waals surface area contributed by atoms with Crippen molar-refractivity contribution in [3.63, 3.8) is 0 Å². The van der Waals surface area contributed by atoms with Crippen molar-refractivity contribution in [1.82, 2.24) is 0 Å². The normalized spacial score (nSPS) is 20.1. The monoisotopic (exact) mass is 402 g/mol. The van der Waals surface area contributed by atoms with Crippen LogP contribution in [0.4, 0.5) is 0 Å². The summed E-state index contributed by atoms with van der Waals surface area (Å²) in [6, 6.07) is 0. The van der Waals surface area contributed by atoms with Gasteiger partial charge in [-0.05, 0) is 53.5 Å². The van der Waals surface area contributed by atoms with Crippen molar-refractivity contribution in [2.24, 2.45) is 0 Å². The molecule has 0 saturated heterocycles. The van der Waals surface area contributed by atoms with Crippen LogP contribution in [0.3, 0.4) is 0 Å². The first-order valence-electron chi connectivity index (χ1n) is 8.43. The maximum atomic E-state index is 11.6. The molecule has 0 heterocycles. The van der Waals surface area contributed by atoms with Gasteiger partial charge in [-0.15, -0.1) is 0 Å². The van der Waals surface area contributed by atoms with Gasteiger partial charge in [-0.25, -0.2) is 0 Å². The standard InChI is InChI=1S/C18H31BrO3Si/c1-18(2,3)23(4,5)22-10-8-6-7-9-15(19)11-14-12-16(20)13-17(14)21/h9,12,16,20H,6-8,10-11,13H2,1-5H3. The molecule has 3 nitrogen and oxygen atoms in total. The van der Waals surface area contributed by atoms with E-state index in [9.17, 15) is 9.90 Å². The predicted molar refractivity (Wildman–Crippen MR) is 102 cm³/mol. The molecule has 1 rings (SSSR count). The van der Waals surface area contributed by atoms with Gasteiger partial charge >= 0.3 is 0 Å². The van der Waals surface area contributed by atoms with Crippen molar-refractivity contribution in [3.05, 3.63) is 22.2 Å². The van der Waals surface area contributed by atoms with Gasteiger partial charge in [0.15, 0.2) is 14.1 Å². The molecule has 1 unspecified atom stereocenters. The number of halogens is 1. The number of Topliss-reactive ketones (excluding diaryl/α,β-unsaturated/α-hetero) is 1. The first kappa shape index (κ1) is 20.8. The summed E-state index contributed by atoms with van der Waals surface area (Å²) in [7, 11) is -1.62. The molecular weight excluding hydrogens is 372 g/mol. The van der Waals surface area contributed by atoms with Crippen LogP contribution in [-0.2, 0) is 9.22 Å². The molecule has 0 bridgehead atoms. The molecule has 5 heteroatoms. The van der Waals surface area contributed by atoms with Crippen molar-refractivity contribution < 1.29 is 14.3 Å². The number of hydrogen-bond donors (Lipinski definition) is 1. The summed E-state index contributed by atoms with van der Waals surface area (Å²) >= 11 is 3.52. The zero-order chi connectivity index (χ0) is 17.7. The van der Waals surface area contributed by atoms with Gasteiger partial charge in [-0.1, -0.05) is 42.8 Å². The largest absolute Gasteiger partial charge is 0.417 e. The van der Waals surface area contributed by atoms with Crippen LogP contribution in [-0.4, -0.2) is 31.9 Å². The lowest BCUT2D eigenvalue weighted by atomic mass is 10.1. The lowest BCUT2D eigenvalue weighted by molar-refractivity contribution is -0.115. The molecule has 0 aromatic rings. The maximum absolute atomic E-state index is 11.6. The van der Waals surface area contributed by atoms with E-state index in [1.165, 1.54) is 0 Å². The molecule has 0 spiro atoms. The average Bonchev–Trinajstić information content (AvgIpc) is 2.70. The molecule has 1 aliphatic rings. The van der Waals surface area contributed by atoms with Crippen molar-refractivity contribution in [3.8, 4) is 0 Å². The second-order valence-electron chi connectivity index (χ2n) is 7.82. The number of aliphatic hydroxyl groups excluding tert-OH is 1. The summed E-state index contributed by atoms with van der Waals surface area (Å²) in [5.41, 5.74) is 0.724. The smallest absolute Gasteiger partial charge is 0.191 e. The minimum atomic E-state index is -1.62. The van der Waals surface area contributed by atoms with E-state index in [4.69, 9.17) is 4.43 Å². The quantitative estimate of drug-likeness (QED) is 0.453. The highest BCUT2D eigenvalue weighted by Gasteiger charge is 2.36. The van der Waals surface area contributed by atoms with Crippen LogP contribution in [0.2, 0.25) is 18.1 Å². The van der Waals surface area contributed by atoms with Crippen molar-refractivity contribution >= 4 is 30.0 Å². The third-order valence-electron chi connectivity index (χ3n) is 4.74. The van der Waals surface area contributed by atoms with Gasteiger partial charge in [0.05, 0.1) is 6.10 Å². The van der Waals surface area contributed by atoms with E-state index in [0.717, 1.165) is 35.9 Å². The van der Waals surface area contributed by atoms with E-state index in [0.29, 0.717) is 6.42 Å². The number of unbranched alkanes of at least 4 members (excludes halogenated alkanes) is 2. The summed E-state index contributed by atoms with van der Waals surface area (Å²) in [5.74, 6) is 0.0608. The van der Waals surface area contributed by atoms with Gasteiger partial charge in [-0.2, -0.15) is 0 Å². The fourth-order valence-corrected chi connectivity index (χ4v) is 3.78. The summed E-state index contributed by atoms with van der Waals surface area (Å²) < 4.78 is 7.18. The third-order valence-corrected chi connectivity index (χ3v) is 9.88. The van der Waals surface area contributed by atoms with E-state index in [-0.39, 0.29) is 17.2 Å². The summed E-state index contributed by atoms with van der Waals surface area (Å²) in [5, 5.41) is 9.70. The first-order valence-corrected chi connectivity index (χ1v) is 12.1. The van der Waals surface area contributed by atoms with Gasteiger partial charge in [-0.3, -0.25) is 4.79 Å². The Morgan fingerprint density at radius 2 is 2.09 bits per heavy atom. The molecule has 0 aromatic heterocycles. The lowest BCUT2D eigenvalue weighted by Gasteiger charge is -2.36. The van der Waals surface area contributed by atoms with Crippen molar-refractivity contribution in [1.29, 1.82) is 0 Å². The molecular formula is C18H31BrO3Si. The van der Waals surface area contributed by atoms with Gasteiger partial charge < -0.3 is 9.53 Å². The van der Waals surface area contributed by atoms with Crippen LogP contribution < -0.4 is 0 Å². The van der Waals surface area contributed by atoms with Crippen LogP contribution in [0.25, 0.3) is 0 Å². The van der Waals surface area contributed by atoms with E-state index in [1.54, 1.807) is 6.08 Å². The third kappa shape index (κ3) is 7.04. The molecule has 132 valence electrons. The van der Waals surface area contributed by atoms with Crippen LogP contribution in [0, 0.1) is 0 Å². The fourth-order valence-electron chi connectivity index (χ4n) is 2.17. The Morgan fingerprint density at radius 3 is 2.61 bits per heavy atom. The van der Waals surface area contributed by atoms with Gasteiger partial charge in [0.25, 0.3) is 0 Å². The highest BCUT2D eigenvalue weighted by atomic mass is 79.9. The number of ketones is 1. The van der Waals surface area contributed by atoms with Gasteiger partial charge in [0, 0.05) is 19.4 Å². The molecule has 0 fully saturated rings. The Balaban J connectivity index is 2.24. The summed E-state index contributed by atoms with van der Waals surface area (Å²) in [6.07, 6.45) is 7.16. The van der Waals surface area contributed by atoms with Crippen LogP contribution in [0.15, 0.2) is 22.2 Å². The Bertz CT molecular complexity index is 475. The number of hydrogen-bond acceptors (Lipinski definition) is 3. The highest BCUT2D eigenvalue weighted by Crippen LogP contribution is 2.36. The second-order valence-corrected chi connectivity index (χ2v) is 13.6. The Hall–Kier alpha value is -0.233. The van der Waals surface area contributed by atoms with Gasteiger partial charge in [0.1, 0.15) is 0 Å². The van der Waals surface area contributed by atoms with E-state index in [1.807, 2.05) is 0 Å². The number of allylic oxidation sites excluding steroid dienone is 3. The Morgan fingerprint density at radius 1 is 1.43 bits per heavy atom. The molecule has 0 radical (unpaired) electrons. The average molecular weight is 403 g/mol. The van der Waals surface area contributed by atoms with Gasteiger partial charge in [0.2, 0.25) is 0 Å². The lowest BCUT2D eigenvalue weighted by Crippen LogP contribution is -2.40. The van der Waals surface area contributed by atoms with Crippen LogP contribution in [0.5, 0.6) is 0 Å². The summed E-state index contributed by atoms with van der Waals surface area (Å²) in [4.78, 5) is 11.6. The van der Waals surface area contributed by atoms with E-state index < -0.39 is 14.4 Å². The highest BCUT2D eigenvalue weighted by molar-refractivity contribution is 9.11. The minimum Gasteiger partial charge on any atom is -0.417 e. The second kappa shape index (κ2) is 8.74. The Kier molecular flexibility index (Phi) is 7.91. The molecule has 0 amide bonds. The van der Waals surface area contributed by atoms with Crippen molar-refractivity contribution in [2.75, 3.05) is 6.61 Å². The fraction of sp³-hybridized carbons (Fsp3) is 0.722. The predicted octanol–water partition coefficient (Wildman–Crippen LogP) is 5.11. The number of aliphatic hydroxyl groups is 1. The SMILES string of the molecule is CC(C)(C)[Si](C)(C)OCCCCC=C(Br)CC1=CC(O)CC1=O. The molecule has 23 heavy (non-hydrogen) atoms. The number of carbonyl (C=O) groups excluding carboxylic acids is 1. The molecule has 0 aliphatic heterocycles. The molecule has 1 aliphatic carbocycles. The van der Waals surface area contributed by atoms with Crippen molar-refractivity contribution in [2.45, 2.75) is 77.1 Å². The van der Waals surface area contributed by atoms with Crippen LogP contribution >= 0.6 is 15.9 Å². The topological polar surface area (TPSA) is 46.5 Å². The van der Waals surface area contributed by atoms with Crippen LogP contribution in [0.1, 0.15) is 52.9 Å². The molecule has 0 saturated carbocycles. The zero-order valence-corrected chi connectivity index (χ0v) is 17.7. The Labute approximate surface area is 150 Å². The molecule has 1 atom stereocenters. The number of carbonyl (C=O) groups is 1. The molecule has 1 N–H and O–H groups in total. The maximum Gasteiger partial charge on any atom is 0.191 e. The zero-order valence-electron chi connectivity index (χ0n) is 15.1.